The molecule has 1 heterocycles. The summed E-state index contributed by atoms with van der Waals surface area (Å²) in [4.78, 5) is 0. The van der Waals surface area contributed by atoms with Gasteiger partial charge in [-0.05, 0) is 50.3 Å². The minimum absolute atomic E-state index is 0.121. The molecule has 106 valence electrons. The van der Waals surface area contributed by atoms with Gasteiger partial charge < -0.3 is 10.1 Å². The van der Waals surface area contributed by atoms with Gasteiger partial charge in [0.05, 0.1) is 6.10 Å². The summed E-state index contributed by atoms with van der Waals surface area (Å²) in [6.45, 7) is 6.87. The molecule has 1 saturated heterocycles. The fraction of sp³-hybridized carbons (Fsp3) is 0.625. The minimum Gasteiger partial charge on any atom is -0.378 e. The number of hydrogen-bond donors (Lipinski definition) is 1. The lowest BCUT2D eigenvalue weighted by Crippen LogP contribution is -2.40. The van der Waals surface area contributed by atoms with Gasteiger partial charge in [-0.1, -0.05) is 19.1 Å². The van der Waals surface area contributed by atoms with Crippen LogP contribution in [-0.4, -0.2) is 18.8 Å². The van der Waals surface area contributed by atoms with Crippen LogP contribution in [0.2, 0.25) is 0 Å². The van der Waals surface area contributed by atoms with E-state index in [9.17, 15) is 4.39 Å². The first-order chi connectivity index (χ1) is 9.10. The molecule has 0 spiro atoms. The van der Waals surface area contributed by atoms with Crippen molar-refractivity contribution < 1.29 is 9.13 Å². The van der Waals surface area contributed by atoms with Gasteiger partial charge in [0.2, 0.25) is 0 Å². The molecule has 19 heavy (non-hydrogen) atoms. The summed E-state index contributed by atoms with van der Waals surface area (Å²) in [5.74, 6) is -0.121. The lowest BCUT2D eigenvalue weighted by molar-refractivity contribution is -0.00166. The average Bonchev–Trinajstić information content (AvgIpc) is 2.42. The fourth-order valence-electron chi connectivity index (χ4n) is 2.64. The van der Waals surface area contributed by atoms with Crippen molar-refractivity contribution in [2.45, 2.75) is 58.2 Å². The fourth-order valence-corrected chi connectivity index (χ4v) is 2.64. The summed E-state index contributed by atoms with van der Waals surface area (Å²) in [7, 11) is 0. The molecule has 0 radical (unpaired) electrons. The normalized spacial score (nSPS) is 25.3. The molecule has 0 saturated carbocycles. The molecule has 1 fully saturated rings. The number of ether oxygens (including phenoxy) is 1. The third-order valence-corrected chi connectivity index (χ3v) is 4.00. The van der Waals surface area contributed by atoms with Crippen molar-refractivity contribution in [3.05, 3.63) is 35.1 Å². The molecule has 0 aliphatic carbocycles. The van der Waals surface area contributed by atoms with E-state index in [1.165, 1.54) is 0 Å². The second-order valence-electron chi connectivity index (χ2n) is 5.52. The highest BCUT2D eigenvalue weighted by atomic mass is 19.1. The van der Waals surface area contributed by atoms with Gasteiger partial charge in [-0.15, -0.1) is 0 Å². The highest BCUT2D eigenvalue weighted by molar-refractivity contribution is 5.25. The zero-order chi connectivity index (χ0) is 13.8. The maximum atomic E-state index is 13.6. The zero-order valence-electron chi connectivity index (χ0n) is 12.1. The molecule has 1 N–H and O–H groups in total. The van der Waals surface area contributed by atoms with Crippen LogP contribution in [0.25, 0.3) is 0 Å². The van der Waals surface area contributed by atoms with Gasteiger partial charge in [0.15, 0.2) is 0 Å². The van der Waals surface area contributed by atoms with Crippen molar-refractivity contribution in [3.63, 3.8) is 0 Å². The molecular weight excluding hydrogens is 241 g/mol. The average molecular weight is 265 g/mol. The van der Waals surface area contributed by atoms with Crippen LogP contribution in [0.4, 0.5) is 4.39 Å². The molecule has 3 atom stereocenters. The van der Waals surface area contributed by atoms with Crippen molar-refractivity contribution in [3.8, 4) is 0 Å². The predicted octanol–water partition coefficient (Wildman–Crippen LogP) is 3.74. The van der Waals surface area contributed by atoms with Crippen molar-refractivity contribution in [1.82, 2.24) is 5.32 Å². The largest absolute Gasteiger partial charge is 0.378 e. The number of halogens is 1. The van der Waals surface area contributed by atoms with Crippen LogP contribution in [-0.2, 0) is 4.74 Å². The Balaban J connectivity index is 1.96. The van der Waals surface area contributed by atoms with Crippen molar-refractivity contribution in [1.29, 1.82) is 0 Å². The molecule has 1 aromatic carbocycles. The first-order valence-corrected chi connectivity index (χ1v) is 7.23. The number of benzene rings is 1. The van der Waals surface area contributed by atoms with Gasteiger partial charge in [0.25, 0.3) is 0 Å². The van der Waals surface area contributed by atoms with E-state index in [0.717, 1.165) is 31.4 Å². The first kappa shape index (κ1) is 14.5. The molecule has 2 rings (SSSR count). The van der Waals surface area contributed by atoms with Crippen molar-refractivity contribution >= 4 is 0 Å². The van der Waals surface area contributed by atoms with Gasteiger partial charge in [-0.3, -0.25) is 0 Å². The minimum atomic E-state index is -0.121. The third kappa shape index (κ3) is 3.77. The Morgan fingerprint density at radius 1 is 1.47 bits per heavy atom. The summed E-state index contributed by atoms with van der Waals surface area (Å²) in [6.07, 6.45) is 3.52. The van der Waals surface area contributed by atoms with Crippen LogP contribution in [0.15, 0.2) is 18.2 Å². The number of rotatable bonds is 4. The van der Waals surface area contributed by atoms with Crippen LogP contribution in [0.1, 0.15) is 50.3 Å². The zero-order valence-corrected chi connectivity index (χ0v) is 12.1. The van der Waals surface area contributed by atoms with E-state index in [0.29, 0.717) is 17.7 Å². The van der Waals surface area contributed by atoms with E-state index in [-0.39, 0.29) is 11.9 Å². The Morgan fingerprint density at radius 2 is 2.26 bits per heavy atom. The monoisotopic (exact) mass is 265 g/mol. The molecule has 3 unspecified atom stereocenters. The summed E-state index contributed by atoms with van der Waals surface area (Å²) >= 11 is 0. The standard InChI is InChI=1S/C16H24FNO/c1-4-15-10-14(7-8-19-15)18-12(3)13-6-5-11(2)16(17)9-13/h5-6,9,12,14-15,18H,4,7-8,10H2,1-3H3. The maximum absolute atomic E-state index is 13.6. The quantitative estimate of drug-likeness (QED) is 0.895. The van der Waals surface area contributed by atoms with Gasteiger partial charge in [-0.25, -0.2) is 4.39 Å². The molecule has 1 aliphatic rings. The van der Waals surface area contributed by atoms with Crippen LogP contribution >= 0.6 is 0 Å². The van der Waals surface area contributed by atoms with Gasteiger partial charge in [0.1, 0.15) is 5.82 Å². The third-order valence-electron chi connectivity index (χ3n) is 4.00. The number of hydrogen-bond acceptors (Lipinski definition) is 2. The first-order valence-electron chi connectivity index (χ1n) is 7.23. The van der Waals surface area contributed by atoms with E-state index in [1.807, 2.05) is 12.1 Å². The second kappa shape index (κ2) is 6.49. The molecular formula is C16H24FNO. The number of aryl methyl sites for hydroxylation is 1. The lowest BCUT2D eigenvalue weighted by atomic mass is 9.99. The van der Waals surface area contributed by atoms with Gasteiger partial charge >= 0.3 is 0 Å². The van der Waals surface area contributed by atoms with Crippen molar-refractivity contribution in [2.75, 3.05) is 6.61 Å². The highest BCUT2D eigenvalue weighted by Crippen LogP contribution is 2.21. The van der Waals surface area contributed by atoms with E-state index < -0.39 is 0 Å². The summed E-state index contributed by atoms with van der Waals surface area (Å²) < 4.78 is 19.3. The Morgan fingerprint density at radius 3 is 2.95 bits per heavy atom. The highest BCUT2D eigenvalue weighted by Gasteiger charge is 2.22. The van der Waals surface area contributed by atoms with Crippen LogP contribution in [0.5, 0.6) is 0 Å². The van der Waals surface area contributed by atoms with E-state index in [4.69, 9.17) is 4.74 Å². The smallest absolute Gasteiger partial charge is 0.126 e. The molecule has 0 bridgehead atoms. The Hall–Kier alpha value is -0.930. The molecule has 0 aromatic heterocycles. The van der Waals surface area contributed by atoms with Gasteiger partial charge in [0, 0.05) is 18.7 Å². The topological polar surface area (TPSA) is 21.3 Å². The van der Waals surface area contributed by atoms with Crippen molar-refractivity contribution in [2.24, 2.45) is 0 Å². The van der Waals surface area contributed by atoms with Crippen LogP contribution in [0.3, 0.4) is 0 Å². The summed E-state index contributed by atoms with van der Waals surface area (Å²) in [5, 5.41) is 3.60. The maximum Gasteiger partial charge on any atom is 0.126 e. The summed E-state index contributed by atoms with van der Waals surface area (Å²) in [5.41, 5.74) is 1.72. The summed E-state index contributed by atoms with van der Waals surface area (Å²) in [6, 6.07) is 6.15. The van der Waals surface area contributed by atoms with Crippen LogP contribution < -0.4 is 5.32 Å². The Kier molecular flexibility index (Phi) is 4.94. The lowest BCUT2D eigenvalue weighted by Gasteiger charge is -2.32. The van der Waals surface area contributed by atoms with E-state index in [1.54, 1.807) is 13.0 Å². The predicted molar refractivity (Wildman–Crippen MR) is 75.7 cm³/mol. The van der Waals surface area contributed by atoms with Gasteiger partial charge in [-0.2, -0.15) is 0 Å². The van der Waals surface area contributed by atoms with E-state index in [2.05, 4.69) is 19.2 Å². The Labute approximate surface area is 115 Å². The Bertz CT molecular complexity index is 421. The molecule has 0 amide bonds. The second-order valence-corrected chi connectivity index (χ2v) is 5.52. The molecule has 2 nitrogen and oxygen atoms in total. The van der Waals surface area contributed by atoms with Crippen LogP contribution in [0, 0.1) is 12.7 Å². The SMILES string of the molecule is CCC1CC(NC(C)c2ccc(C)c(F)c2)CCO1. The van der Waals surface area contributed by atoms with E-state index >= 15 is 0 Å². The number of nitrogens with one attached hydrogen (secondary N) is 1. The molecule has 1 aromatic rings. The molecule has 1 aliphatic heterocycles. The molecule has 3 heteroatoms.